The number of hydrogen-bond donors (Lipinski definition) is 2. The van der Waals surface area contributed by atoms with Gasteiger partial charge in [-0.05, 0) is 52.1 Å². The molecular weight excluding hydrogens is 320 g/mol. The van der Waals surface area contributed by atoms with Gasteiger partial charge in [-0.15, -0.1) is 0 Å². The maximum absolute atomic E-state index is 12.1. The predicted molar refractivity (Wildman–Crippen MR) is 98.5 cm³/mol. The molecular formula is C18H28N4O3. The number of hydrogen-bond acceptors (Lipinski definition) is 4. The van der Waals surface area contributed by atoms with Gasteiger partial charge in [0.2, 0.25) is 11.8 Å². The van der Waals surface area contributed by atoms with Crippen molar-refractivity contribution >= 4 is 23.4 Å². The molecule has 0 unspecified atom stereocenters. The van der Waals surface area contributed by atoms with Crippen molar-refractivity contribution in [2.75, 3.05) is 39.5 Å². The third kappa shape index (κ3) is 7.80. The maximum atomic E-state index is 12.1. The summed E-state index contributed by atoms with van der Waals surface area (Å²) in [6.45, 7) is 5.95. The van der Waals surface area contributed by atoms with Crippen LogP contribution in [0, 0.1) is 0 Å². The number of likely N-dealkylation sites (N-methyl/N-ethyl adjacent to an activating group) is 1. The van der Waals surface area contributed by atoms with Crippen LogP contribution in [0.2, 0.25) is 0 Å². The first kappa shape index (κ1) is 20.6. The summed E-state index contributed by atoms with van der Waals surface area (Å²) in [5.41, 5.74) is 0.859. The first-order valence-electron chi connectivity index (χ1n) is 8.09. The molecule has 1 rings (SSSR count). The zero-order valence-corrected chi connectivity index (χ0v) is 15.8. The summed E-state index contributed by atoms with van der Waals surface area (Å²) in [5.74, 6) is -0.449. The van der Waals surface area contributed by atoms with Crippen molar-refractivity contribution in [3.05, 3.63) is 29.8 Å². The summed E-state index contributed by atoms with van der Waals surface area (Å²) in [4.78, 5) is 38.9. The van der Waals surface area contributed by atoms with E-state index in [2.05, 4.69) is 10.6 Å². The molecule has 2 N–H and O–H groups in total. The summed E-state index contributed by atoms with van der Waals surface area (Å²) in [6.07, 6.45) is 0. The van der Waals surface area contributed by atoms with Crippen LogP contribution in [0.5, 0.6) is 0 Å². The van der Waals surface area contributed by atoms with E-state index in [1.165, 1.54) is 4.90 Å². The van der Waals surface area contributed by atoms with Crippen molar-refractivity contribution in [2.24, 2.45) is 0 Å². The van der Waals surface area contributed by atoms with Crippen molar-refractivity contribution in [3.63, 3.8) is 0 Å². The highest BCUT2D eigenvalue weighted by Gasteiger charge is 2.16. The van der Waals surface area contributed by atoms with Crippen molar-refractivity contribution in [1.29, 1.82) is 0 Å². The second-order valence-corrected chi connectivity index (χ2v) is 7.30. The van der Waals surface area contributed by atoms with Gasteiger partial charge in [0.05, 0.1) is 13.1 Å². The molecule has 0 fully saturated rings. The van der Waals surface area contributed by atoms with Gasteiger partial charge in [0.25, 0.3) is 5.91 Å². The molecule has 1 aromatic carbocycles. The van der Waals surface area contributed by atoms with Crippen LogP contribution < -0.4 is 10.6 Å². The number of rotatable bonds is 6. The molecule has 0 aliphatic carbocycles. The number of anilines is 1. The molecule has 0 aliphatic heterocycles. The molecule has 0 aromatic heterocycles. The van der Waals surface area contributed by atoms with E-state index in [1.54, 1.807) is 50.3 Å². The maximum Gasteiger partial charge on any atom is 0.253 e. The Hall–Kier alpha value is -2.41. The molecule has 0 saturated heterocycles. The van der Waals surface area contributed by atoms with E-state index < -0.39 is 0 Å². The Morgan fingerprint density at radius 1 is 0.920 bits per heavy atom. The molecule has 0 radical (unpaired) electrons. The molecule has 3 amide bonds. The SMILES string of the molecule is CN(CC(=O)Nc1ccc(C(=O)N(C)C)cc1)CC(=O)NC(C)(C)C. The number of amides is 3. The Morgan fingerprint density at radius 3 is 1.92 bits per heavy atom. The van der Waals surface area contributed by atoms with Gasteiger partial charge in [-0.2, -0.15) is 0 Å². The van der Waals surface area contributed by atoms with Gasteiger partial charge in [0.15, 0.2) is 0 Å². The van der Waals surface area contributed by atoms with E-state index in [9.17, 15) is 14.4 Å². The molecule has 0 atom stereocenters. The molecule has 0 aliphatic rings. The Balaban J connectivity index is 2.51. The predicted octanol–water partition coefficient (Wildman–Crippen LogP) is 1.17. The van der Waals surface area contributed by atoms with Crippen LogP contribution in [0.4, 0.5) is 5.69 Å². The van der Waals surface area contributed by atoms with Gasteiger partial charge in [-0.1, -0.05) is 0 Å². The largest absolute Gasteiger partial charge is 0.350 e. The Kier molecular flexibility index (Phi) is 7.11. The van der Waals surface area contributed by atoms with Crippen LogP contribution in [-0.2, 0) is 9.59 Å². The summed E-state index contributed by atoms with van der Waals surface area (Å²) in [7, 11) is 5.08. The van der Waals surface area contributed by atoms with Crippen LogP contribution in [-0.4, -0.2) is 67.3 Å². The minimum absolute atomic E-state index is 0.0932. The highest BCUT2D eigenvalue weighted by Crippen LogP contribution is 2.11. The number of carbonyl (C=O) groups is 3. The van der Waals surface area contributed by atoms with Gasteiger partial charge in [0.1, 0.15) is 0 Å². The van der Waals surface area contributed by atoms with E-state index >= 15 is 0 Å². The summed E-state index contributed by atoms with van der Waals surface area (Å²) < 4.78 is 0. The molecule has 25 heavy (non-hydrogen) atoms. The van der Waals surface area contributed by atoms with Gasteiger partial charge in [-0.3, -0.25) is 19.3 Å². The normalized spacial score (nSPS) is 11.2. The van der Waals surface area contributed by atoms with E-state index in [-0.39, 0.29) is 36.3 Å². The van der Waals surface area contributed by atoms with Gasteiger partial charge in [-0.25, -0.2) is 0 Å². The number of nitrogens with zero attached hydrogens (tertiary/aromatic N) is 2. The summed E-state index contributed by atoms with van der Waals surface area (Å²) in [5, 5.41) is 5.60. The monoisotopic (exact) mass is 348 g/mol. The van der Waals surface area contributed by atoms with Gasteiger partial charge >= 0.3 is 0 Å². The topological polar surface area (TPSA) is 81.8 Å². The second kappa shape index (κ2) is 8.62. The minimum Gasteiger partial charge on any atom is -0.350 e. The van der Waals surface area contributed by atoms with Crippen molar-refractivity contribution in [1.82, 2.24) is 15.1 Å². The lowest BCUT2D eigenvalue weighted by molar-refractivity contribution is -0.124. The summed E-state index contributed by atoms with van der Waals surface area (Å²) in [6, 6.07) is 6.69. The molecule has 138 valence electrons. The van der Waals surface area contributed by atoms with Gasteiger partial charge in [0, 0.05) is 30.9 Å². The fourth-order valence-corrected chi connectivity index (χ4v) is 2.16. The zero-order valence-electron chi connectivity index (χ0n) is 15.8. The van der Waals surface area contributed by atoms with Crippen molar-refractivity contribution in [3.8, 4) is 0 Å². The lowest BCUT2D eigenvalue weighted by Crippen LogP contribution is -2.46. The molecule has 7 heteroatoms. The Bertz CT molecular complexity index is 618. The molecule has 1 aromatic rings. The lowest BCUT2D eigenvalue weighted by atomic mass is 10.1. The number of carbonyl (C=O) groups excluding carboxylic acids is 3. The Labute approximate surface area is 149 Å². The van der Waals surface area contributed by atoms with Crippen LogP contribution in [0.1, 0.15) is 31.1 Å². The minimum atomic E-state index is -0.300. The van der Waals surface area contributed by atoms with Crippen LogP contribution >= 0.6 is 0 Å². The third-order valence-corrected chi connectivity index (χ3v) is 3.16. The average Bonchev–Trinajstić information content (AvgIpc) is 2.44. The van der Waals surface area contributed by atoms with Crippen LogP contribution in [0.15, 0.2) is 24.3 Å². The smallest absolute Gasteiger partial charge is 0.253 e. The first-order chi connectivity index (χ1) is 11.5. The highest BCUT2D eigenvalue weighted by atomic mass is 16.2. The van der Waals surface area contributed by atoms with E-state index in [0.717, 1.165) is 0 Å². The molecule has 0 saturated carbocycles. The fourth-order valence-electron chi connectivity index (χ4n) is 2.16. The lowest BCUT2D eigenvalue weighted by Gasteiger charge is -2.23. The quantitative estimate of drug-likeness (QED) is 0.809. The molecule has 0 heterocycles. The van der Waals surface area contributed by atoms with E-state index in [1.807, 2.05) is 20.8 Å². The zero-order chi connectivity index (χ0) is 19.2. The van der Waals surface area contributed by atoms with E-state index in [4.69, 9.17) is 0 Å². The van der Waals surface area contributed by atoms with Crippen LogP contribution in [0.3, 0.4) is 0 Å². The molecule has 0 bridgehead atoms. The first-order valence-corrected chi connectivity index (χ1v) is 8.09. The second-order valence-electron chi connectivity index (χ2n) is 7.30. The fraction of sp³-hybridized carbons (Fsp3) is 0.500. The highest BCUT2D eigenvalue weighted by molar-refractivity contribution is 5.96. The summed E-state index contributed by atoms with van der Waals surface area (Å²) >= 11 is 0. The van der Waals surface area contributed by atoms with E-state index in [0.29, 0.717) is 11.3 Å². The number of nitrogens with one attached hydrogen (secondary N) is 2. The Morgan fingerprint density at radius 2 is 1.44 bits per heavy atom. The molecule has 0 spiro atoms. The average molecular weight is 348 g/mol. The van der Waals surface area contributed by atoms with Crippen molar-refractivity contribution in [2.45, 2.75) is 26.3 Å². The molecule has 7 nitrogen and oxygen atoms in total. The number of benzene rings is 1. The third-order valence-electron chi connectivity index (χ3n) is 3.16. The standard InChI is InChI=1S/C18H28N4O3/c1-18(2,3)20-16(24)12-22(6)11-15(23)19-14-9-7-13(8-10-14)17(25)21(4)5/h7-10H,11-12H2,1-6H3,(H,19,23)(H,20,24). The van der Waals surface area contributed by atoms with Gasteiger partial charge < -0.3 is 15.5 Å². The van der Waals surface area contributed by atoms with Crippen molar-refractivity contribution < 1.29 is 14.4 Å². The van der Waals surface area contributed by atoms with Crippen LogP contribution in [0.25, 0.3) is 0 Å².